The number of nitrogens with zero attached hydrogens (tertiary/aromatic N) is 4. The van der Waals surface area contributed by atoms with Gasteiger partial charge in [0.2, 0.25) is 5.95 Å². The maximum atomic E-state index is 13.1. The monoisotopic (exact) mass is 433 g/mol. The first kappa shape index (κ1) is 20.5. The van der Waals surface area contributed by atoms with Crippen LogP contribution in [0.1, 0.15) is 16.9 Å². The standard InChI is InChI=1S/C20H18F3N5O3/c1-26-16-15(17(29)27(2)19(26)30)28(18(25-16)24-10-14-7-4-8-31-14)11-12-5-3-6-13(9-12)20(21,22)23/h3-9H,10-11H2,1-2H3,(H,24,25). The highest BCUT2D eigenvalue weighted by Crippen LogP contribution is 2.30. The van der Waals surface area contributed by atoms with Crippen LogP contribution in [0.15, 0.2) is 56.7 Å². The molecule has 0 fully saturated rings. The summed E-state index contributed by atoms with van der Waals surface area (Å²) in [7, 11) is 2.81. The molecule has 0 amide bonds. The molecule has 0 bridgehead atoms. The number of nitrogens with one attached hydrogen (secondary N) is 1. The molecular formula is C20H18F3N5O3. The molecular weight excluding hydrogens is 415 g/mol. The number of furan rings is 1. The number of benzene rings is 1. The number of hydrogen-bond donors (Lipinski definition) is 1. The lowest BCUT2D eigenvalue weighted by Gasteiger charge is -2.12. The number of rotatable bonds is 5. The lowest BCUT2D eigenvalue weighted by Crippen LogP contribution is -2.37. The number of anilines is 1. The maximum Gasteiger partial charge on any atom is 0.416 e. The summed E-state index contributed by atoms with van der Waals surface area (Å²) >= 11 is 0. The molecule has 31 heavy (non-hydrogen) atoms. The van der Waals surface area contributed by atoms with E-state index in [2.05, 4.69) is 10.3 Å². The van der Waals surface area contributed by atoms with Gasteiger partial charge in [-0.25, -0.2) is 4.79 Å². The van der Waals surface area contributed by atoms with E-state index in [1.54, 1.807) is 12.1 Å². The Labute approximate surface area is 173 Å². The number of fused-ring (bicyclic) bond motifs is 1. The van der Waals surface area contributed by atoms with E-state index in [1.165, 1.54) is 41.6 Å². The molecule has 0 aliphatic carbocycles. The Hall–Kier alpha value is -3.76. The molecule has 4 rings (SSSR count). The number of halogens is 3. The van der Waals surface area contributed by atoms with Crippen molar-refractivity contribution in [3.8, 4) is 0 Å². The number of hydrogen-bond acceptors (Lipinski definition) is 5. The van der Waals surface area contributed by atoms with Crippen molar-refractivity contribution in [1.29, 1.82) is 0 Å². The van der Waals surface area contributed by atoms with E-state index in [4.69, 9.17) is 4.42 Å². The summed E-state index contributed by atoms with van der Waals surface area (Å²) in [6.45, 7) is 0.168. The van der Waals surface area contributed by atoms with Gasteiger partial charge in [-0.3, -0.25) is 18.5 Å². The molecule has 1 N–H and O–H groups in total. The van der Waals surface area contributed by atoms with Crippen LogP contribution >= 0.6 is 0 Å². The van der Waals surface area contributed by atoms with Crippen molar-refractivity contribution in [3.05, 3.63) is 80.4 Å². The fraction of sp³-hybridized carbons (Fsp3) is 0.250. The summed E-state index contributed by atoms with van der Waals surface area (Å²) in [5.74, 6) is 0.821. The number of imidazole rings is 1. The highest BCUT2D eigenvalue weighted by atomic mass is 19.4. The average molecular weight is 433 g/mol. The number of alkyl halides is 3. The maximum absolute atomic E-state index is 13.1. The second-order valence-corrected chi connectivity index (χ2v) is 7.03. The largest absolute Gasteiger partial charge is 0.467 e. The molecule has 0 unspecified atom stereocenters. The fourth-order valence-electron chi connectivity index (χ4n) is 3.34. The van der Waals surface area contributed by atoms with E-state index in [0.717, 1.165) is 16.7 Å². The summed E-state index contributed by atoms with van der Waals surface area (Å²) in [5, 5.41) is 3.04. The molecule has 3 heterocycles. The quantitative estimate of drug-likeness (QED) is 0.523. The van der Waals surface area contributed by atoms with E-state index in [1.807, 2.05) is 0 Å². The lowest BCUT2D eigenvalue weighted by molar-refractivity contribution is -0.137. The fourth-order valence-corrected chi connectivity index (χ4v) is 3.34. The Morgan fingerprint density at radius 2 is 1.87 bits per heavy atom. The van der Waals surface area contributed by atoms with Crippen molar-refractivity contribution < 1.29 is 17.6 Å². The molecule has 8 nitrogen and oxygen atoms in total. The Bertz CT molecular complexity index is 1360. The smallest absolute Gasteiger partial charge is 0.416 e. The molecule has 0 aliphatic heterocycles. The Kier molecular flexibility index (Phi) is 4.96. The van der Waals surface area contributed by atoms with Crippen LogP contribution in [0.5, 0.6) is 0 Å². The van der Waals surface area contributed by atoms with Crippen LogP contribution in [0.2, 0.25) is 0 Å². The van der Waals surface area contributed by atoms with E-state index in [0.29, 0.717) is 11.3 Å². The minimum Gasteiger partial charge on any atom is -0.467 e. The van der Waals surface area contributed by atoms with Gasteiger partial charge in [0.1, 0.15) is 5.76 Å². The molecule has 3 aromatic heterocycles. The predicted octanol–water partition coefficient (Wildman–Crippen LogP) is 2.71. The highest BCUT2D eigenvalue weighted by Gasteiger charge is 2.30. The van der Waals surface area contributed by atoms with Crippen LogP contribution in [-0.2, 0) is 33.4 Å². The molecule has 4 aromatic rings. The van der Waals surface area contributed by atoms with Gasteiger partial charge in [0.15, 0.2) is 11.2 Å². The SMILES string of the molecule is Cn1c(=O)c2c(nc(NCc3ccco3)n2Cc2cccc(C(F)(F)F)c2)n(C)c1=O. The van der Waals surface area contributed by atoms with Crippen LogP contribution in [0.25, 0.3) is 11.2 Å². The second kappa shape index (κ2) is 7.49. The topological polar surface area (TPSA) is 87.0 Å². The van der Waals surface area contributed by atoms with Gasteiger partial charge >= 0.3 is 11.9 Å². The van der Waals surface area contributed by atoms with Crippen LogP contribution in [0.3, 0.4) is 0 Å². The first-order valence-electron chi connectivity index (χ1n) is 9.25. The zero-order valence-electron chi connectivity index (χ0n) is 16.6. The van der Waals surface area contributed by atoms with Crippen LogP contribution in [0.4, 0.5) is 19.1 Å². The summed E-state index contributed by atoms with van der Waals surface area (Å²) in [5.41, 5.74) is -1.39. The van der Waals surface area contributed by atoms with Gasteiger partial charge in [-0.1, -0.05) is 12.1 Å². The third-order valence-electron chi connectivity index (χ3n) is 4.94. The Morgan fingerprint density at radius 1 is 1.10 bits per heavy atom. The van der Waals surface area contributed by atoms with Crippen molar-refractivity contribution in [1.82, 2.24) is 18.7 Å². The first-order chi connectivity index (χ1) is 14.7. The van der Waals surface area contributed by atoms with Gasteiger partial charge in [0.25, 0.3) is 5.56 Å². The van der Waals surface area contributed by atoms with Gasteiger partial charge in [-0.15, -0.1) is 0 Å². The normalized spacial score (nSPS) is 11.9. The predicted molar refractivity (Wildman–Crippen MR) is 107 cm³/mol. The number of aryl methyl sites for hydroxylation is 1. The second-order valence-electron chi connectivity index (χ2n) is 7.03. The molecule has 0 spiro atoms. The Balaban J connectivity index is 1.86. The molecule has 0 saturated heterocycles. The highest BCUT2D eigenvalue weighted by molar-refractivity contribution is 5.74. The first-order valence-corrected chi connectivity index (χ1v) is 9.25. The van der Waals surface area contributed by atoms with Gasteiger partial charge in [0, 0.05) is 14.1 Å². The van der Waals surface area contributed by atoms with Gasteiger partial charge < -0.3 is 9.73 Å². The zero-order chi connectivity index (χ0) is 22.3. The van der Waals surface area contributed by atoms with E-state index in [-0.39, 0.29) is 30.2 Å². The summed E-state index contributed by atoms with van der Waals surface area (Å²) < 4.78 is 48.3. The van der Waals surface area contributed by atoms with Crippen molar-refractivity contribution in [3.63, 3.8) is 0 Å². The van der Waals surface area contributed by atoms with Crippen molar-refractivity contribution in [2.24, 2.45) is 14.1 Å². The van der Waals surface area contributed by atoms with E-state index in [9.17, 15) is 22.8 Å². The summed E-state index contributed by atoms with van der Waals surface area (Å²) in [4.78, 5) is 29.5. The van der Waals surface area contributed by atoms with Crippen LogP contribution in [-0.4, -0.2) is 18.7 Å². The molecule has 162 valence electrons. The minimum atomic E-state index is -4.49. The number of aromatic nitrogens is 4. The van der Waals surface area contributed by atoms with Gasteiger partial charge in [-0.2, -0.15) is 18.2 Å². The van der Waals surface area contributed by atoms with Crippen LogP contribution in [0, 0.1) is 0 Å². The average Bonchev–Trinajstić information content (AvgIpc) is 3.37. The third-order valence-corrected chi connectivity index (χ3v) is 4.94. The molecule has 0 aliphatic rings. The van der Waals surface area contributed by atoms with E-state index >= 15 is 0 Å². The molecule has 0 radical (unpaired) electrons. The summed E-state index contributed by atoms with van der Waals surface area (Å²) in [6, 6.07) is 8.29. The molecule has 1 aromatic carbocycles. The molecule has 11 heteroatoms. The van der Waals surface area contributed by atoms with Gasteiger partial charge in [0.05, 0.1) is 24.9 Å². The Morgan fingerprint density at radius 3 is 2.55 bits per heavy atom. The third kappa shape index (κ3) is 3.74. The minimum absolute atomic E-state index is 0.0612. The molecule has 0 saturated carbocycles. The zero-order valence-corrected chi connectivity index (χ0v) is 16.6. The lowest BCUT2D eigenvalue weighted by atomic mass is 10.1. The van der Waals surface area contributed by atoms with E-state index < -0.39 is 23.0 Å². The summed E-state index contributed by atoms with van der Waals surface area (Å²) in [6.07, 6.45) is -2.99. The van der Waals surface area contributed by atoms with Crippen molar-refractivity contribution >= 4 is 17.1 Å². The van der Waals surface area contributed by atoms with Crippen LogP contribution < -0.4 is 16.6 Å². The van der Waals surface area contributed by atoms with Crippen molar-refractivity contribution in [2.75, 3.05) is 5.32 Å². The molecule has 0 atom stereocenters. The van der Waals surface area contributed by atoms with Gasteiger partial charge in [-0.05, 0) is 29.8 Å². The van der Waals surface area contributed by atoms with Crippen molar-refractivity contribution in [2.45, 2.75) is 19.3 Å².